The maximum absolute atomic E-state index is 9.85. The Morgan fingerprint density at radius 2 is 1.73 bits per heavy atom. The third-order valence-electron chi connectivity index (χ3n) is 2.29. The van der Waals surface area contributed by atoms with Crippen LogP contribution in [-0.4, -0.2) is 16.3 Å². The molecule has 0 saturated carbocycles. The van der Waals surface area contributed by atoms with Crippen LogP contribution < -0.4 is 0 Å². The number of rotatable bonds is 3. The van der Waals surface area contributed by atoms with E-state index in [9.17, 15) is 10.2 Å². The van der Waals surface area contributed by atoms with E-state index in [1.165, 1.54) is 0 Å². The molecule has 0 radical (unpaired) electrons. The van der Waals surface area contributed by atoms with Crippen LogP contribution in [0.1, 0.15) is 25.5 Å². The summed E-state index contributed by atoms with van der Waals surface area (Å²) in [6.45, 7) is 3.66. The number of aliphatic hydroxyl groups is 2. The highest BCUT2D eigenvalue weighted by Gasteiger charge is 2.23. The maximum Gasteiger partial charge on any atom is 0.107 e. The van der Waals surface area contributed by atoms with Crippen LogP contribution >= 0.6 is 23.2 Å². The Kier molecular flexibility index (Phi) is 4.41. The lowest BCUT2D eigenvalue weighted by Gasteiger charge is -2.22. The van der Waals surface area contributed by atoms with Gasteiger partial charge in [0.05, 0.1) is 6.10 Å². The first-order valence-electron chi connectivity index (χ1n) is 4.74. The van der Waals surface area contributed by atoms with Gasteiger partial charge < -0.3 is 10.2 Å². The van der Waals surface area contributed by atoms with E-state index in [1.54, 1.807) is 18.2 Å². The first-order chi connectivity index (χ1) is 6.93. The van der Waals surface area contributed by atoms with Crippen molar-refractivity contribution in [3.63, 3.8) is 0 Å². The summed E-state index contributed by atoms with van der Waals surface area (Å²) >= 11 is 11.7. The largest absolute Gasteiger partial charge is 0.390 e. The molecule has 0 fully saturated rings. The van der Waals surface area contributed by atoms with Gasteiger partial charge in [-0.05, 0) is 18.1 Å². The van der Waals surface area contributed by atoms with Crippen molar-refractivity contribution in [2.24, 2.45) is 5.92 Å². The Balaban J connectivity index is 2.96. The predicted octanol–water partition coefficient (Wildman–Crippen LogP) is 3.04. The lowest BCUT2D eigenvalue weighted by atomic mass is 9.96. The second kappa shape index (κ2) is 5.17. The quantitative estimate of drug-likeness (QED) is 0.864. The summed E-state index contributed by atoms with van der Waals surface area (Å²) in [7, 11) is 0. The SMILES string of the molecule is CC(C)C(O)[C@H](O)c1ccc(Cl)cc1Cl. The van der Waals surface area contributed by atoms with Crippen LogP contribution in [0.5, 0.6) is 0 Å². The normalized spacial score (nSPS) is 15.4. The molecule has 0 saturated heterocycles. The van der Waals surface area contributed by atoms with Crippen LogP contribution in [0.2, 0.25) is 10.0 Å². The van der Waals surface area contributed by atoms with Gasteiger partial charge in [0.2, 0.25) is 0 Å². The molecule has 0 aliphatic carbocycles. The van der Waals surface area contributed by atoms with Gasteiger partial charge in [-0.1, -0.05) is 43.1 Å². The molecule has 0 aliphatic rings. The van der Waals surface area contributed by atoms with Crippen LogP contribution in [0.15, 0.2) is 18.2 Å². The van der Waals surface area contributed by atoms with Crippen molar-refractivity contribution in [3.8, 4) is 0 Å². The molecular weight excluding hydrogens is 235 g/mol. The minimum absolute atomic E-state index is 0.0354. The molecule has 0 aromatic heterocycles. The van der Waals surface area contributed by atoms with Gasteiger partial charge in [-0.3, -0.25) is 0 Å². The summed E-state index contributed by atoms with van der Waals surface area (Å²) in [6, 6.07) is 4.81. The number of aliphatic hydroxyl groups excluding tert-OH is 2. The summed E-state index contributed by atoms with van der Waals surface area (Å²) in [5, 5.41) is 20.4. The smallest absolute Gasteiger partial charge is 0.107 e. The number of benzene rings is 1. The Labute approximate surface area is 99.5 Å². The molecule has 84 valence electrons. The zero-order chi connectivity index (χ0) is 11.6. The first-order valence-corrected chi connectivity index (χ1v) is 5.50. The molecule has 0 aliphatic heterocycles. The number of hydrogen-bond donors (Lipinski definition) is 2. The maximum atomic E-state index is 9.85. The zero-order valence-corrected chi connectivity index (χ0v) is 10.1. The van der Waals surface area contributed by atoms with Gasteiger partial charge in [0.1, 0.15) is 6.10 Å². The molecule has 0 heterocycles. The van der Waals surface area contributed by atoms with Crippen molar-refractivity contribution < 1.29 is 10.2 Å². The van der Waals surface area contributed by atoms with Crippen LogP contribution in [0, 0.1) is 5.92 Å². The second-order valence-corrected chi connectivity index (χ2v) is 4.69. The minimum atomic E-state index is -0.977. The van der Waals surface area contributed by atoms with E-state index in [0.29, 0.717) is 15.6 Å². The lowest BCUT2D eigenvalue weighted by molar-refractivity contribution is -0.00934. The van der Waals surface area contributed by atoms with Crippen molar-refractivity contribution in [2.75, 3.05) is 0 Å². The second-order valence-electron chi connectivity index (χ2n) is 3.85. The van der Waals surface area contributed by atoms with Crippen LogP contribution in [-0.2, 0) is 0 Å². The average molecular weight is 249 g/mol. The summed E-state index contributed by atoms with van der Waals surface area (Å²) in [5.41, 5.74) is 0.502. The Morgan fingerprint density at radius 3 is 2.20 bits per heavy atom. The third-order valence-corrected chi connectivity index (χ3v) is 2.85. The van der Waals surface area contributed by atoms with Gasteiger partial charge in [-0.2, -0.15) is 0 Å². The van der Waals surface area contributed by atoms with E-state index in [2.05, 4.69) is 0 Å². The first kappa shape index (κ1) is 12.8. The van der Waals surface area contributed by atoms with Crippen molar-refractivity contribution in [1.82, 2.24) is 0 Å². The fraction of sp³-hybridized carbons (Fsp3) is 0.455. The van der Waals surface area contributed by atoms with Gasteiger partial charge in [-0.15, -0.1) is 0 Å². The summed E-state index contributed by atoms with van der Waals surface area (Å²) in [6.07, 6.45) is -1.81. The molecule has 2 N–H and O–H groups in total. The van der Waals surface area contributed by atoms with Gasteiger partial charge >= 0.3 is 0 Å². The molecule has 0 bridgehead atoms. The Bertz CT molecular complexity index is 339. The topological polar surface area (TPSA) is 40.5 Å². The Morgan fingerprint density at radius 1 is 1.13 bits per heavy atom. The van der Waals surface area contributed by atoms with Crippen LogP contribution in [0.25, 0.3) is 0 Å². The molecule has 4 heteroatoms. The van der Waals surface area contributed by atoms with Crippen molar-refractivity contribution in [1.29, 1.82) is 0 Å². The molecular formula is C11H14Cl2O2. The zero-order valence-electron chi connectivity index (χ0n) is 8.61. The molecule has 15 heavy (non-hydrogen) atoms. The highest BCUT2D eigenvalue weighted by molar-refractivity contribution is 6.35. The van der Waals surface area contributed by atoms with E-state index in [0.717, 1.165) is 0 Å². The van der Waals surface area contributed by atoms with E-state index < -0.39 is 12.2 Å². The molecule has 1 aromatic carbocycles. The highest BCUT2D eigenvalue weighted by atomic mass is 35.5. The standard InChI is InChI=1S/C11H14Cl2O2/c1-6(2)10(14)11(15)8-4-3-7(12)5-9(8)13/h3-6,10-11,14-15H,1-2H3/t10?,11-/m1/s1. The molecule has 2 nitrogen and oxygen atoms in total. The molecule has 1 aromatic rings. The van der Waals surface area contributed by atoms with Crippen molar-refractivity contribution >= 4 is 23.2 Å². The lowest BCUT2D eigenvalue weighted by Crippen LogP contribution is -2.24. The van der Waals surface area contributed by atoms with Gasteiger partial charge in [0.25, 0.3) is 0 Å². The average Bonchev–Trinajstić information content (AvgIpc) is 2.15. The van der Waals surface area contributed by atoms with Gasteiger partial charge in [-0.25, -0.2) is 0 Å². The van der Waals surface area contributed by atoms with Crippen molar-refractivity contribution in [2.45, 2.75) is 26.1 Å². The van der Waals surface area contributed by atoms with Crippen LogP contribution in [0.3, 0.4) is 0 Å². The van der Waals surface area contributed by atoms with E-state index in [4.69, 9.17) is 23.2 Å². The summed E-state index contributed by atoms with van der Waals surface area (Å²) in [5.74, 6) is -0.0354. The summed E-state index contributed by atoms with van der Waals surface area (Å²) in [4.78, 5) is 0. The molecule has 2 atom stereocenters. The Hall–Kier alpha value is -0.280. The molecule has 1 unspecified atom stereocenters. The van der Waals surface area contributed by atoms with E-state index in [-0.39, 0.29) is 5.92 Å². The van der Waals surface area contributed by atoms with E-state index in [1.807, 2.05) is 13.8 Å². The molecule has 0 amide bonds. The monoisotopic (exact) mass is 248 g/mol. The fourth-order valence-corrected chi connectivity index (χ4v) is 1.81. The highest BCUT2D eigenvalue weighted by Crippen LogP contribution is 2.29. The van der Waals surface area contributed by atoms with E-state index >= 15 is 0 Å². The number of hydrogen-bond acceptors (Lipinski definition) is 2. The third kappa shape index (κ3) is 3.08. The summed E-state index contributed by atoms with van der Waals surface area (Å²) < 4.78 is 0. The minimum Gasteiger partial charge on any atom is -0.390 e. The molecule has 1 rings (SSSR count). The van der Waals surface area contributed by atoms with Crippen LogP contribution in [0.4, 0.5) is 0 Å². The predicted molar refractivity (Wildman–Crippen MR) is 62.3 cm³/mol. The molecule has 0 spiro atoms. The van der Waals surface area contributed by atoms with Gasteiger partial charge in [0.15, 0.2) is 0 Å². The van der Waals surface area contributed by atoms with Gasteiger partial charge in [0, 0.05) is 15.6 Å². The van der Waals surface area contributed by atoms with Crippen molar-refractivity contribution in [3.05, 3.63) is 33.8 Å². The fourth-order valence-electron chi connectivity index (χ4n) is 1.29. The number of halogens is 2.